The largest absolute Gasteiger partial charge is 0.493 e. The Bertz CT molecular complexity index is 793. The van der Waals surface area contributed by atoms with Gasteiger partial charge in [-0.15, -0.1) is 0 Å². The lowest BCUT2D eigenvalue weighted by Crippen LogP contribution is -2.21. The minimum Gasteiger partial charge on any atom is -0.493 e. The smallest absolute Gasteiger partial charge is 0.267 e. The van der Waals surface area contributed by atoms with Crippen molar-refractivity contribution >= 4 is 5.91 Å². The van der Waals surface area contributed by atoms with Gasteiger partial charge in [0.05, 0.1) is 21.3 Å². The molecule has 0 fully saturated rings. The van der Waals surface area contributed by atoms with E-state index >= 15 is 0 Å². The average molecular weight is 335 g/mol. The van der Waals surface area contributed by atoms with Crippen molar-refractivity contribution in [2.24, 2.45) is 5.73 Å². The Morgan fingerprint density at radius 1 is 1.12 bits per heavy atom. The monoisotopic (exact) mass is 335 g/mol. The number of aromatic amines is 2. The van der Waals surface area contributed by atoms with Crippen LogP contribution in [-0.2, 0) is 4.79 Å². The Labute approximate surface area is 138 Å². The highest BCUT2D eigenvalue weighted by atomic mass is 16.5. The maximum Gasteiger partial charge on any atom is 0.267 e. The Balaban J connectivity index is 2.71. The predicted molar refractivity (Wildman–Crippen MR) is 87.9 cm³/mol. The van der Waals surface area contributed by atoms with Gasteiger partial charge in [0.1, 0.15) is 0 Å². The molecule has 0 saturated carbocycles. The Morgan fingerprint density at radius 3 is 2.25 bits per heavy atom. The van der Waals surface area contributed by atoms with Gasteiger partial charge in [-0.3, -0.25) is 14.7 Å². The van der Waals surface area contributed by atoms with E-state index in [1.165, 1.54) is 21.3 Å². The van der Waals surface area contributed by atoms with Crippen LogP contribution in [0.3, 0.4) is 0 Å². The average Bonchev–Trinajstić information content (AvgIpc) is 2.89. The van der Waals surface area contributed by atoms with Crippen molar-refractivity contribution in [2.75, 3.05) is 21.3 Å². The highest BCUT2D eigenvalue weighted by Gasteiger charge is 2.28. The van der Waals surface area contributed by atoms with Crippen molar-refractivity contribution in [2.45, 2.75) is 19.3 Å². The molecule has 8 nitrogen and oxygen atoms in total. The number of carbonyl (C=O) groups excluding carboxylic acids is 1. The highest BCUT2D eigenvalue weighted by Crippen LogP contribution is 2.44. The fourth-order valence-electron chi connectivity index (χ4n) is 2.84. The zero-order valence-corrected chi connectivity index (χ0v) is 14.1. The molecule has 1 atom stereocenters. The number of aromatic nitrogens is 2. The van der Waals surface area contributed by atoms with E-state index in [9.17, 15) is 9.59 Å². The zero-order valence-electron chi connectivity index (χ0n) is 14.1. The first-order valence-electron chi connectivity index (χ1n) is 7.28. The molecule has 1 aromatic heterocycles. The molecule has 2 aromatic rings. The number of rotatable bonds is 7. The maximum atomic E-state index is 12.2. The van der Waals surface area contributed by atoms with Gasteiger partial charge >= 0.3 is 0 Å². The number of carbonyl (C=O) groups is 1. The SMILES string of the molecule is COc1ccc([C@@H](CC(N)=O)c2c(C)[nH][nH]c2=O)c(OC)c1OC. The van der Waals surface area contributed by atoms with Gasteiger partial charge in [-0.1, -0.05) is 6.07 Å². The van der Waals surface area contributed by atoms with Crippen LogP contribution in [0, 0.1) is 6.92 Å². The molecule has 130 valence electrons. The first kappa shape index (κ1) is 17.5. The summed E-state index contributed by atoms with van der Waals surface area (Å²) in [6, 6.07) is 3.43. The van der Waals surface area contributed by atoms with Crippen LogP contribution >= 0.6 is 0 Å². The van der Waals surface area contributed by atoms with Crippen LogP contribution in [0.15, 0.2) is 16.9 Å². The normalized spacial score (nSPS) is 11.8. The third-order valence-corrected chi connectivity index (χ3v) is 3.88. The molecule has 2 rings (SSSR count). The Kier molecular flexibility index (Phi) is 5.18. The van der Waals surface area contributed by atoms with E-state index in [4.69, 9.17) is 19.9 Å². The van der Waals surface area contributed by atoms with E-state index in [1.54, 1.807) is 19.1 Å². The molecular formula is C16H21N3O5. The van der Waals surface area contributed by atoms with Gasteiger partial charge in [0.25, 0.3) is 5.56 Å². The molecular weight excluding hydrogens is 314 g/mol. The first-order valence-corrected chi connectivity index (χ1v) is 7.28. The van der Waals surface area contributed by atoms with Crippen LogP contribution in [0.2, 0.25) is 0 Å². The fraction of sp³-hybridized carbons (Fsp3) is 0.375. The Hall–Kier alpha value is -2.90. The maximum absolute atomic E-state index is 12.2. The van der Waals surface area contributed by atoms with E-state index in [2.05, 4.69) is 10.2 Å². The summed E-state index contributed by atoms with van der Waals surface area (Å²) >= 11 is 0. The van der Waals surface area contributed by atoms with E-state index < -0.39 is 11.8 Å². The van der Waals surface area contributed by atoms with Gasteiger partial charge in [0.15, 0.2) is 11.5 Å². The third kappa shape index (κ3) is 3.08. The molecule has 1 heterocycles. The molecule has 0 unspecified atom stereocenters. The molecule has 24 heavy (non-hydrogen) atoms. The lowest BCUT2D eigenvalue weighted by Gasteiger charge is -2.21. The second kappa shape index (κ2) is 7.12. The number of benzene rings is 1. The molecule has 8 heteroatoms. The molecule has 1 aromatic carbocycles. The molecule has 0 aliphatic carbocycles. The molecule has 0 saturated heterocycles. The number of H-pyrrole nitrogens is 2. The molecule has 0 aliphatic rings. The van der Waals surface area contributed by atoms with Crippen LogP contribution in [0.4, 0.5) is 0 Å². The lowest BCUT2D eigenvalue weighted by atomic mass is 9.87. The van der Waals surface area contributed by atoms with Crippen LogP contribution in [0.1, 0.15) is 29.2 Å². The second-order valence-corrected chi connectivity index (χ2v) is 5.26. The highest BCUT2D eigenvalue weighted by molar-refractivity contribution is 5.76. The lowest BCUT2D eigenvalue weighted by molar-refractivity contribution is -0.118. The number of amides is 1. The van der Waals surface area contributed by atoms with Crippen molar-refractivity contribution in [1.82, 2.24) is 10.2 Å². The molecule has 4 N–H and O–H groups in total. The van der Waals surface area contributed by atoms with E-state index in [-0.39, 0.29) is 12.0 Å². The third-order valence-electron chi connectivity index (χ3n) is 3.88. The van der Waals surface area contributed by atoms with Gasteiger partial charge in [0.2, 0.25) is 11.7 Å². The topological polar surface area (TPSA) is 119 Å². The molecule has 0 aliphatic heterocycles. The first-order chi connectivity index (χ1) is 11.4. The van der Waals surface area contributed by atoms with Crippen molar-refractivity contribution < 1.29 is 19.0 Å². The fourth-order valence-corrected chi connectivity index (χ4v) is 2.84. The zero-order chi connectivity index (χ0) is 17.9. The molecule has 1 amide bonds. The van der Waals surface area contributed by atoms with E-state index in [0.29, 0.717) is 34.1 Å². The number of ether oxygens (including phenoxy) is 3. The minimum atomic E-state index is -0.577. The minimum absolute atomic E-state index is 0.0480. The number of nitrogens with two attached hydrogens (primary N) is 1. The number of nitrogens with one attached hydrogen (secondary N) is 2. The number of hydrogen-bond acceptors (Lipinski definition) is 5. The number of methoxy groups -OCH3 is 3. The molecule has 0 radical (unpaired) electrons. The summed E-state index contributed by atoms with van der Waals surface area (Å²) in [5.41, 5.74) is 6.76. The molecule has 0 bridgehead atoms. The second-order valence-electron chi connectivity index (χ2n) is 5.26. The van der Waals surface area contributed by atoms with E-state index in [1.807, 2.05) is 0 Å². The van der Waals surface area contributed by atoms with Crippen LogP contribution < -0.4 is 25.5 Å². The Morgan fingerprint density at radius 2 is 1.79 bits per heavy atom. The predicted octanol–water partition coefficient (Wildman–Crippen LogP) is 1.04. The number of hydrogen-bond donors (Lipinski definition) is 3. The van der Waals surface area contributed by atoms with Gasteiger partial charge in [0, 0.05) is 29.2 Å². The van der Waals surface area contributed by atoms with Gasteiger partial charge in [-0.2, -0.15) is 0 Å². The summed E-state index contributed by atoms with van der Waals surface area (Å²) in [6.45, 7) is 1.74. The number of aryl methyl sites for hydroxylation is 1. The van der Waals surface area contributed by atoms with Crippen molar-refractivity contribution in [1.29, 1.82) is 0 Å². The van der Waals surface area contributed by atoms with Crippen molar-refractivity contribution in [3.63, 3.8) is 0 Å². The van der Waals surface area contributed by atoms with Crippen LogP contribution in [0.5, 0.6) is 17.2 Å². The summed E-state index contributed by atoms with van der Waals surface area (Å²) in [6.07, 6.45) is -0.0480. The van der Waals surface area contributed by atoms with Gasteiger partial charge < -0.3 is 25.0 Å². The van der Waals surface area contributed by atoms with Gasteiger partial charge in [-0.05, 0) is 13.0 Å². The van der Waals surface area contributed by atoms with Gasteiger partial charge in [-0.25, -0.2) is 0 Å². The van der Waals surface area contributed by atoms with Crippen molar-refractivity contribution in [3.8, 4) is 17.2 Å². The summed E-state index contributed by atoms with van der Waals surface area (Å²) in [4.78, 5) is 23.8. The van der Waals surface area contributed by atoms with E-state index in [0.717, 1.165) is 0 Å². The molecule has 0 spiro atoms. The summed E-state index contributed by atoms with van der Waals surface area (Å²) in [5, 5.41) is 5.28. The van der Waals surface area contributed by atoms with Crippen LogP contribution in [0.25, 0.3) is 0 Å². The summed E-state index contributed by atoms with van der Waals surface area (Å²) < 4.78 is 16.1. The summed E-state index contributed by atoms with van der Waals surface area (Å²) in [7, 11) is 4.48. The number of primary amides is 1. The quantitative estimate of drug-likeness (QED) is 0.698. The van der Waals surface area contributed by atoms with Crippen LogP contribution in [-0.4, -0.2) is 37.4 Å². The standard InChI is InChI=1S/C16H21N3O5/c1-8-13(16(21)19-18-8)10(7-12(17)20)9-5-6-11(22-2)15(24-4)14(9)23-3/h5-6,10H,7H2,1-4H3,(H2,17,20)(H2,18,19,21)/t10-/m1/s1. The van der Waals surface area contributed by atoms with Crippen molar-refractivity contribution in [3.05, 3.63) is 39.3 Å². The summed E-state index contributed by atoms with van der Waals surface area (Å²) in [5.74, 6) is 0.152.